The van der Waals surface area contributed by atoms with E-state index in [1.165, 1.54) is 25.7 Å². The van der Waals surface area contributed by atoms with Crippen LogP contribution in [0.15, 0.2) is 0 Å². The first-order valence-electron chi connectivity index (χ1n) is 6.44. The van der Waals surface area contributed by atoms with E-state index >= 15 is 0 Å². The van der Waals surface area contributed by atoms with Crippen molar-refractivity contribution in [3.63, 3.8) is 0 Å². The fourth-order valence-electron chi connectivity index (χ4n) is 2.31. The Morgan fingerprint density at radius 3 is 2.59 bits per heavy atom. The van der Waals surface area contributed by atoms with Gasteiger partial charge in [-0.2, -0.15) is 0 Å². The average molecular weight is 263 g/mol. The molecule has 4 heteroatoms. The molecule has 2 unspecified atom stereocenters. The highest BCUT2D eigenvalue weighted by Gasteiger charge is 2.27. The summed E-state index contributed by atoms with van der Waals surface area (Å²) < 4.78 is 0. The number of halogens is 1. The third-order valence-corrected chi connectivity index (χ3v) is 3.72. The van der Waals surface area contributed by atoms with Crippen LogP contribution in [-0.4, -0.2) is 19.0 Å². The Hall–Kier alpha value is -0.280. The Morgan fingerprint density at radius 1 is 1.41 bits per heavy atom. The van der Waals surface area contributed by atoms with Gasteiger partial charge >= 0.3 is 0 Å². The summed E-state index contributed by atoms with van der Waals surface area (Å²) in [5, 5.41) is 3.05. The van der Waals surface area contributed by atoms with Gasteiger partial charge in [0, 0.05) is 13.1 Å². The minimum atomic E-state index is -0.430. The first-order valence-corrected chi connectivity index (χ1v) is 6.44. The van der Waals surface area contributed by atoms with Gasteiger partial charge in [0.1, 0.15) is 0 Å². The molecule has 1 aliphatic rings. The number of amides is 1. The van der Waals surface area contributed by atoms with Gasteiger partial charge in [-0.25, -0.2) is 0 Å². The Kier molecular flexibility index (Phi) is 7.10. The lowest BCUT2D eigenvalue weighted by Gasteiger charge is -2.28. The Labute approximate surface area is 111 Å². The first kappa shape index (κ1) is 16.7. The van der Waals surface area contributed by atoms with E-state index in [0.717, 1.165) is 12.5 Å². The molecule has 0 aliphatic heterocycles. The minimum absolute atomic E-state index is 0. The van der Waals surface area contributed by atoms with Crippen molar-refractivity contribution in [2.24, 2.45) is 23.0 Å². The van der Waals surface area contributed by atoms with Crippen molar-refractivity contribution >= 4 is 18.3 Å². The third kappa shape index (κ3) is 5.26. The molecule has 3 N–H and O–H groups in total. The van der Waals surface area contributed by atoms with E-state index in [2.05, 4.69) is 12.2 Å². The lowest BCUT2D eigenvalue weighted by atomic mass is 9.82. The van der Waals surface area contributed by atoms with Crippen LogP contribution in [0.25, 0.3) is 0 Å². The molecule has 0 spiro atoms. The molecule has 2 atom stereocenters. The number of hydrogen-bond acceptors (Lipinski definition) is 2. The molecule has 1 amide bonds. The quantitative estimate of drug-likeness (QED) is 0.817. The van der Waals surface area contributed by atoms with Crippen molar-refractivity contribution in [2.75, 3.05) is 13.1 Å². The van der Waals surface area contributed by atoms with Crippen LogP contribution < -0.4 is 11.1 Å². The summed E-state index contributed by atoms with van der Waals surface area (Å²) >= 11 is 0. The van der Waals surface area contributed by atoms with Gasteiger partial charge in [0.2, 0.25) is 5.91 Å². The molecule has 0 aromatic carbocycles. The number of hydrogen-bond donors (Lipinski definition) is 2. The Morgan fingerprint density at radius 2 is 2.06 bits per heavy atom. The van der Waals surface area contributed by atoms with Crippen molar-refractivity contribution < 1.29 is 4.79 Å². The molecular formula is C13H27ClN2O. The summed E-state index contributed by atoms with van der Waals surface area (Å²) in [7, 11) is 0. The fraction of sp³-hybridized carbons (Fsp3) is 0.923. The summed E-state index contributed by atoms with van der Waals surface area (Å²) in [6.45, 7) is 7.32. The summed E-state index contributed by atoms with van der Waals surface area (Å²) in [6.07, 6.45) is 5.16. The number of carbonyl (C=O) groups is 1. The van der Waals surface area contributed by atoms with Crippen molar-refractivity contribution in [1.82, 2.24) is 5.32 Å². The topological polar surface area (TPSA) is 55.1 Å². The van der Waals surface area contributed by atoms with E-state index < -0.39 is 5.41 Å². The Balaban J connectivity index is 0.00000256. The number of rotatable bonds is 4. The molecule has 0 aromatic heterocycles. The summed E-state index contributed by atoms with van der Waals surface area (Å²) in [5.41, 5.74) is 5.15. The summed E-state index contributed by atoms with van der Waals surface area (Å²) in [5.74, 6) is 1.58. The molecule has 0 saturated heterocycles. The molecule has 0 aromatic rings. The minimum Gasteiger partial charge on any atom is -0.355 e. The maximum Gasteiger partial charge on any atom is 0.226 e. The zero-order chi connectivity index (χ0) is 12.2. The van der Waals surface area contributed by atoms with E-state index in [0.29, 0.717) is 12.5 Å². The SMILES string of the molecule is CC1CCCC(CNC(=O)C(C)(C)CN)C1.Cl. The van der Waals surface area contributed by atoms with Crippen LogP contribution >= 0.6 is 12.4 Å². The monoisotopic (exact) mass is 262 g/mol. The van der Waals surface area contributed by atoms with E-state index in [-0.39, 0.29) is 18.3 Å². The molecule has 17 heavy (non-hydrogen) atoms. The van der Waals surface area contributed by atoms with Crippen molar-refractivity contribution in [2.45, 2.75) is 46.5 Å². The van der Waals surface area contributed by atoms with E-state index in [1.54, 1.807) is 0 Å². The van der Waals surface area contributed by atoms with Crippen molar-refractivity contribution in [1.29, 1.82) is 0 Å². The zero-order valence-corrected chi connectivity index (χ0v) is 12.1. The lowest BCUT2D eigenvalue weighted by Crippen LogP contribution is -2.43. The second kappa shape index (κ2) is 7.22. The van der Waals surface area contributed by atoms with Gasteiger partial charge in [-0.1, -0.05) is 19.8 Å². The highest BCUT2D eigenvalue weighted by Crippen LogP contribution is 2.28. The molecule has 1 fully saturated rings. The van der Waals surface area contributed by atoms with Gasteiger partial charge < -0.3 is 11.1 Å². The lowest BCUT2D eigenvalue weighted by molar-refractivity contribution is -0.129. The standard InChI is InChI=1S/C13H26N2O.ClH/c1-10-5-4-6-11(7-10)8-15-12(16)13(2,3)9-14;/h10-11H,4-9,14H2,1-3H3,(H,15,16);1H. The van der Waals surface area contributed by atoms with E-state index in [9.17, 15) is 4.79 Å². The van der Waals surface area contributed by atoms with Crippen LogP contribution in [0.4, 0.5) is 0 Å². The van der Waals surface area contributed by atoms with Crippen LogP contribution in [0.5, 0.6) is 0 Å². The summed E-state index contributed by atoms with van der Waals surface area (Å²) in [4.78, 5) is 11.8. The fourth-order valence-corrected chi connectivity index (χ4v) is 2.31. The maximum atomic E-state index is 11.8. The number of carbonyl (C=O) groups excluding carboxylic acids is 1. The molecule has 1 rings (SSSR count). The van der Waals surface area contributed by atoms with Crippen LogP contribution in [-0.2, 0) is 4.79 Å². The molecule has 1 aliphatic carbocycles. The van der Waals surface area contributed by atoms with Gasteiger partial charge in [-0.05, 0) is 38.5 Å². The highest BCUT2D eigenvalue weighted by molar-refractivity contribution is 5.85. The zero-order valence-electron chi connectivity index (χ0n) is 11.3. The van der Waals surface area contributed by atoms with Crippen LogP contribution in [0.3, 0.4) is 0 Å². The van der Waals surface area contributed by atoms with Crippen LogP contribution in [0.1, 0.15) is 46.5 Å². The predicted molar refractivity (Wildman–Crippen MR) is 74.2 cm³/mol. The largest absolute Gasteiger partial charge is 0.355 e. The molecular weight excluding hydrogens is 236 g/mol. The molecule has 3 nitrogen and oxygen atoms in total. The highest BCUT2D eigenvalue weighted by atomic mass is 35.5. The Bertz CT molecular complexity index is 244. The normalized spacial score (nSPS) is 24.9. The van der Waals surface area contributed by atoms with Crippen molar-refractivity contribution in [3.05, 3.63) is 0 Å². The van der Waals surface area contributed by atoms with Gasteiger partial charge in [0.15, 0.2) is 0 Å². The molecule has 1 saturated carbocycles. The number of nitrogens with two attached hydrogens (primary N) is 1. The number of nitrogens with one attached hydrogen (secondary N) is 1. The molecule has 0 radical (unpaired) electrons. The second-order valence-electron chi connectivity index (χ2n) is 5.94. The average Bonchev–Trinajstić information content (AvgIpc) is 2.26. The van der Waals surface area contributed by atoms with E-state index in [4.69, 9.17) is 5.73 Å². The van der Waals surface area contributed by atoms with Crippen molar-refractivity contribution in [3.8, 4) is 0 Å². The summed E-state index contributed by atoms with van der Waals surface area (Å²) in [6, 6.07) is 0. The molecule has 102 valence electrons. The van der Waals surface area contributed by atoms with Gasteiger partial charge in [-0.15, -0.1) is 12.4 Å². The van der Waals surface area contributed by atoms with Gasteiger partial charge in [0.25, 0.3) is 0 Å². The smallest absolute Gasteiger partial charge is 0.226 e. The third-order valence-electron chi connectivity index (χ3n) is 3.72. The van der Waals surface area contributed by atoms with Crippen LogP contribution in [0.2, 0.25) is 0 Å². The van der Waals surface area contributed by atoms with E-state index in [1.807, 2.05) is 13.8 Å². The molecule has 0 bridgehead atoms. The van der Waals surface area contributed by atoms with Crippen LogP contribution in [0, 0.1) is 17.3 Å². The second-order valence-corrected chi connectivity index (χ2v) is 5.94. The maximum absolute atomic E-state index is 11.8. The predicted octanol–water partition coefficient (Wildman–Crippen LogP) is 2.34. The first-order chi connectivity index (χ1) is 7.45. The molecule has 0 heterocycles. The van der Waals surface area contributed by atoms with Gasteiger partial charge in [0.05, 0.1) is 5.41 Å². The van der Waals surface area contributed by atoms with Gasteiger partial charge in [-0.3, -0.25) is 4.79 Å².